The molecule has 6 nitrogen and oxygen atoms in total. The number of rotatable bonds is 6. The number of pyridine rings is 2. The second kappa shape index (κ2) is 8.71. The highest BCUT2D eigenvalue weighted by molar-refractivity contribution is 5.87. The lowest BCUT2D eigenvalue weighted by Gasteiger charge is -2.37. The first-order chi connectivity index (χ1) is 15.0. The molecule has 7 heteroatoms. The molecule has 0 aliphatic heterocycles. The number of amides is 1. The number of ether oxygens (including phenoxy) is 1. The molecule has 1 saturated carbocycles. The molecule has 0 bridgehead atoms. The molecule has 4 rings (SSSR count). The van der Waals surface area contributed by atoms with Crippen molar-refractivity contribution in [3.8, 4) is 16.9 Å². The number of carbonyl (C=O) groups excluding carboxylic acids is 1. The molecule has 3 aromatic rings. The van der Waals surface area contributed by atoms with Gasteiger partial charge in [0.05, 0.1) is 18.2 Å². The van der Waals surface area contributed by atoms with E-state index in [1.165, 1.54) is 19.2 Å². The molecule has 2 heterocycles. The number of halogens is 1. The number of nitrogens with one attached hydrogen (secondary N) is 1. The first-order valence-corrected chi connectivity index (χ1v) is 10.3. The molecule has 1 amide bonds. The fourth-order valence-corrected chi connectivity index (χ4v) is 4.30. The highest BCUT2D eigenvalue weighted by atomic mass is 19.1. The van der Waals surface area contributed by atoms with Crippen LogP contribution in [0.15, 0.2) is 60.9 Å². The van der Waals surface area contributed by atoms with Crippen LogP contribution in [0.1, 0.15) is 31.4 Å². The summed E-state index contributed by atoms with van der Waals surface area (Å²) in [6.07, 6.45) is 6.12. The number of primary amides is 1. The molecule has 1 fully saturated rings. The third kappa shape index (κ3) is 4.21. The molecule has 0 saturated heterocycles. The number of methoxy groups -OCH3 is 1. The van der Waals surface area contributed by atoms with E-state index in [1.807, 2.05) is 30.3 Å². The fourth-order valence-electron chi connectivity index (χ4n) is 4.30. The maximum Gasteiger partial charge on any atom is 0.229 e. The molecule has 1 aliphatic carbocycles. The Labute approximate surface area is 180 Å². The molecule has 1 aromatic carbocycles. The Kier molecular flexibility index (Phi) is 5.84. The van der Waals surface area contributed by atoms with E-state index < -0.39 is 5.41 Å². The van der Waals surface area contributed by atoms with E-state index in [9.17, 15) is 9.18 Å². The van der Waals surface area contributed by atoms with Crippen LogP contribution in [0, 0.1) is 5.82 Å². The molecule has 31 heavy (non-hydrogen) atoms. The molecular weight excluding hydrogens is 395 g/mol. The van der Waals surface area contributed by atoms with Crippen LogP contribution in [-0.4, -0.2) is 29.0 Å². The zero-order valence-electron chi connectivity index (χ0n) is 17.3. The van der Waals surface area contributed by atoms with Crippen LogP contribution in [0.2, 0.25) is 0 Å². The van der Waals surface area contributed by atoms with Gasteiger partial charge in [-0.15, -0.1) is 0 Å². The molecule has 0 atom stereocenters. The Bertz CT molecular complexity index is 1070. The quantitative estimate of drug-likeness (QED) is 0.627. The molecule has 1 aliphatic rings. The summed E-state index contributed by atoms with van der Waals surface area (Å²) >= 11 is 0. The van der Waals surface area contributed by atoms with Gasteiger partial charge in [0.25, 0.3) is 0 Å². The summed E-state index contributed by atoms with van der Waals surface area (Å²) in [5.41, 5.74) is 7.24. The van der Waals surface area contributed by atoms with Crippen LogP contribution in [0.4, 0.5) is 10.2 Å². The number of nitrogens with zero attached hydrogens (tertiary/aromatic N) is 2. The Morgan fingerprint density at radius 1 is 1.13 bits per heavy atom. The Morgan fingerprint density at radius 3 is 2.61 bits per heavy atom. The predicted octanol–water partition coefficient (Wildman–Crippen LogP) is 4.07. The summed E-state index contributed by atoms with van der Waals surface area (Å²) in [6.45, 7) is 0. The minimum absolute atomic E-state index is 0.211. The minimum atomic E-state index is -0.842. The number of nitrogens with two attached hydrogens (primary N) is 1. The smallest absolute Gasteiger partial charge is 0.229 e. The van der Waals surface area contributed by atoms with Crippen molar-refractivity contribution in [1.29, 1.82) is 0 Å². The van der Waals surface area contributed by atoms with E-state index in [0.717, 1.165) is 29.8 Å². The third-order valence-corrected chi connectivity index (χ3v) is 6.05. The average Bonchev–Trinajstić information content (AvgIpc) is 2.80. The maximum absolute atomic E-state index is 13.6. The van der Waals surface area contributed by atoms with Crippen LogP contribution < -0.4 is 15.8 Å². The van der Waals surface area contributed by atoms with Gasteiger partial charge in [-0.2, -0.15) is 0 Å². The van der Waals surface area contributed by atoms with Gasteiger partial charge in [-0.25, -0.2) is 9.37 Å². The Balaban J connectivity index is 1.60. The summed E-state index contributed by atoms with van der Waals surface area (Å²) in [4.78, 5) is 21.5. The first-order valence-electron chi connectivity index (χ1n) is 10.3. The van der Waals surface area contributed by atoms with Crippen molar-refractivity contribution in [3.63, 3.8) is 0 Å². The van der Waals surface area contributed by atoms with Gasteiger partial charge in [-0.1, -0.05) is 6.07 Å². The molecular formula is C24H25FN4O2. The number of benzene rings is 1. The van der Waals surface area contributed by atoms with Gasteiger partial charge < -0.3 is 15.8 Å². The van der Waals surface area contributed by atoms with Gasteiger partial charge >= 0.3 is 0 Å². The van der Waals surface area contributed by atoms with Crippen LogP contribution >= 0.6 is 0 Å². The predicted molar refractivity (Wildman–Crippen MR) is 117 cm³/mol. The van der Waals surface area contributed by atoms with E-state index in [4.69, 9.17) is 10.5 Å². The largest absolute Gasteiger partial charge is 0.496 e. The van der Waals surface area contributed by atoms with Crippen molar-refractivity contribution in [3.05, 3.63) is 72.4 Å². The third-order valence-electron chi connectivity index (χ3n) is 6.05. The fraction of sp³-hybridized carbons (Fsp3) is 0.292. The van der Waals surface area contributed by atoms with Crippen LogP contribution in [0.5, 0.6) is 5.75 Å². The zero-order valence-corrected chi connectivity index (χ0v) is 17.3. The summed E-state index contributed by atoms with van der Waals surface area (Å²) in [7, 11) is 1.50. The van der Waals surface area contributed by atoms with E-state index in [0.29, 0.717) is 24.3 Å². The normalized spacial score (nSPS) is 20.8. The maximum atomic E-state index is 13.6. The highest BCUT2D eigenvalue weighted by Gasteiger charge is 2.43. The standard InChI is InChI=1S/C24H25FN4O2/c1-31-20-15-17(25)5-6-19(20)16-9-13-27-21(14-16)24(23(26)30)10-7-18(8-11-24)29-22-4-2-3-12-28-22/h2-6,9,12-15,18H,7-8,10-11H2,1H3,(H2,26,30)(H,28,29). The first kappa shape index (κ1) is 20.8. The average molecular weight is 420 g/mol. The Morgan fingerprint density at radius 2 is 1.94 bits per heavy atom. The van der Waals surface area contributed by atoms with Crippen molar-refractivity contribution in [2.24, 2.45) is 5.73 Å². The van der Waals surface area contributed by atoms with Crippen molar-refractivity contribution >= 4 is 11.7 Å². The van der Waals surface area contributed by atoms with Gasteiger partial charge in [0.15, 0.2) is 0 Å². The van der Waals surface area contributed by atoms with Crippen molar-refractivity contribution in [1.82, 2.24) is 9.97 Å². The van der Waals surface area contributed by atoms with Crippen LogP contribution in [0.25, 0.3) is 11.1 Å². The molecule has 0 unspecified atom stereocenters. The topological polar surface area (TPSA) is 90.1 Å². The van der Waals surface area contributed by atoms with Crippen molar-refractivity contribution < 1.29 is 13.9 Å². The number of aromatic nitrogens is 2. The minimum Gasteiger partial charge on any atom is -0.496 e. The van der Waals surface area contributed by atoms with Gasteiger partial charge in [0, 0.05) is 30.1 Å². The molecule has 0 spiro atoms. The summed E-state index contributed by atoms with van der Waals surface area (Å²) in [5.74, 6) is 0.498. The summed E-state index contributed by atoms with van der Waals surface area (Å²) in [6, 6.07) is 14.0. The highest BCUT2D eigenvalue weighted by Crippen LogP contribution is 2.41. The molecule has 2 aromatic heterocycles. The van der Waals surface area contributed by atoms with Crippen LogP contribution in [0.3, 0.4) is 0 Å². The SMILES string of the molecule is COc1cc(F)ccc1-c1ccnc(C2(C(N)=O)CCC(Nc3ccccn3)CC2)c1. The number of anilines is 1. The second-order valence-corrected chi connectivity index (χ2v) is 7.85. The monoisotopic (exact) mass is 420 g/mol. The molecule has 0 radical (unpaired) electrons. The van der Waals surface area contributed by atoms with Gasteiger partial charge in [0.2, 0.25) is 5.91 Å². The van der Waals surface area contributed by atoms with Crippen molar-refractivity contribution in [2.45, 2.75) is 37.1 Å². The zero-order chi connectivity index (χ0) is 21.8. The van der Waals surface area contributed by atoms with Gasteiger partial charge in [-0.3, -0.25) is 9.78 Å². The number of hydrogen-bond donors (Lipinski definition) is 2. The van der Waals surface area contributed by atoms with E-state index in [1.54, 1.807) is 18.5 Å². The summed E-state index contributed by atoms with van der Waals surface area (Å²) < 4.78 is 19.0. The van der Waals surface area contributed by atoms with Gasteiger partial charge in [-0.05, 0) is 67.6 Å². The van der Waals surface area contributed by atoms with Gasteiger partial charge in [0.1, 0.15) is 17.4 Å². The number of hydrogen-bond acceptors (Lipinski definition) is 5. The van der Waals surface area contributed by atoms with E-state index in [-0.39, 0.29) is 17.8 Å². The van der Waals surface area contributed by atoms with Crippen LogP contribution in [-0.2, 0) is 10.2 Å². The molecule has 160 valence electrons. The number of carbonyl (C=O) groups is 1. The van der Waals surface area contributed by atoms with Crippen molar-refractivity contribution in [2.75, 3.05) is 12.4 Å². The van der Waals surface area contributed by atoms with E-state index >= 15 is 0 Å². The lowest BCUT2D eigenvalue weighted by Crippen LogP contribution is -2.46. The Hall–Kier alpha value is -3.48. The lowest BCUT2D eigenvalue weighted by atomic mass is 9.69. The van der Waals surface area contributed by atoms with E-state index in [2.05, 4.69) is 15.3 Å². The lowest BCUT2D eigenvalue weighted by molar-refractivity contribution is -0.124. The molecule has 3 N–H and O–H groups in total. The summed E-state index contributed by atoms with van der Waals surface area (Å²) in [5, 5.41) is 3.43. The second-order valence-electron chi connectivity index (χ2n) is 7.85.